The Morgan fingerprint density at radius 3 is 2.67 bits per heavy atom. The minimum absolute atomic E-state index is 0.0349. The normalized spacial score (nSPS) is 17.6. The number of rotatable bonds is 8. The molecule has 0 saturated carbocycles. The molecule has 4 nitrogen and oxygen atoms in total. The van der Waals surface area contributed by atoms with Gasteiger partial charge in [0.05, 0.1) is 11.3 Å². The molecule has 0 aromatic heterocycles. The maximum Gasteiger partial charge on any atom is 0.232 e. The molecule has 1 aromatic carbocycles. The first-order valence-electron chi connectivity index (χ1n) is 10.2. The van der Waals surface area contributed by atoms with E-state index in [-0.39, 0.29) is 23.5 Å². The molecule has 0 spiro atoms. The van der Waals surface area contributed by atoms with Gasteiger partial charge in [0.15, 0.2) is 0 Å². The molecule has 5 heteroatoms. The van der Waals surface area contributed by atoms with Gasteiger partial charge in [0.25, 0.3) is 0 Å². The molecule has 1 aromatic rings. The van der Waals surface area contributed by atoms with Crippen LogP contribution in [0.15, 0.2) is 24.3 Å². The Morgan fingerprint density at radius 1 is 1.22 bits per heavy atom. The molecule has 1 saturated heterocycles. The second-order valence-electron chi connectivity index (χ2n) is 8.05. The fourth-order valence-corrected chi connectivity index (χ4v) is 3.76. The molecule has 150 valence electrons. The van der Waals surface area contributed by atoms with Gasteiger partial charge in [0.1, 0.15) is 5.82 Å². The van der Waals surface area contributed by atoms with Gasteiger partial charge in [-0.1, -0.05) is 44.4 Å². The van der Waals surface area contributed by atoms with Crippen molar-refractivity contribution in [3.63, 3.8) is 0 Å². The second-order valence-corrected chi connectivity index (χ2v) is 8.05. The molecule has 1 fully saturated rings. The van der Waals surface area contributed by atoms with Gasteiger partial charge in [-0.25, -0.2) is 4.39 Å². The Labute approximate surface area is 162 Å². The predicted molar refractivity (Wildman–Crippen MR) is 106 cm³/mol. The van der Waals surface area contributed by atoms with Crippen molar-refractivity contribution < 1.29 is 14.0 Å². The van der Waals surface area contributed by atoms with E-state index in [0.29, 0.717) is 25.2 Å². The number of hydrogen-bond donors (Lipinski definition) is 1. The first-order chi connectivity index (χ1) is 12.9. The molecule has 1 aliphatic heterocycles. The highest BCUT2D eigenvalue weighted by Crippen LogP contribution is 2.30. The topological polar surface area (TPSA) is 49.4 Å². The molecule has 0 aliphatic carbocycles. The number of nitrogens with zero attached hydrogens (tertiary/aromatic N) is 1. The van der Waals surface area contributed by atoms with Gasteiger partial charge >= 0.3 is 0 Å². The first-order valence-corrected chi connectivity index (χ1v) is 10.2. The van der Waals surface area contributed by atoms with Crippen LogP contribution in [-0.4, -0.2) is 36.3 Å². The van der Waals surface area contributed by atoms with E-state index in [0.717, 1.165) is 25.7 Å². The largest absolute Gasteiger partial charge is 0.356 e. The lowest BCUT2D eigenvalue weighted by Gasteiger charge is -2.37. The van der Waals surface area contributed by atoms with Crippen LogP contribution in [0.5, 0.6) is 0 Å². The lowest BCUT2D eigenvalue weighted by atomic mass is 9.82. The molecule has 1 heterocycles. The fourth-order valence-electron chi connectivity index (χ4n) is 3.76. The SMILES string of the molecule is CCCCCCNC(=O)C1CCCN(C(=O)C(C)(C)c2ccccc2F)C1. The average Bonchev–Trinajstić information content (AvgIpc) is 2.67. The Morgan fingerprint density at radius 2 is 1.96 bits per heavy atom. The maximum atomic E-state index is 14.2. The Hall–Kier alpha value is -1.91. The van der Waals surface area contributed by atoms with Crippen LogP contribution in [0.1, 0.15) is 64.9 Å². The van der Waals surface area contributed by atoms with Crippen molar-refractivity contribution in [2.24, 2.45) is 5.92 Å². The van der Waals surface area contributed by atoms with Crippen molar-refractivity contribution in [2.75, 3.05) is 19.6 Å². The number of unbranched alkanes of at least 4 members (excludes halogenated alkanes) is 3. The highest BCUT2D eigenvalue weighted by molar-refractivity contribution is 5.88. The van der Waals surface area contributed by atoms with Gasteiger partial charge in [0, 0.05) is 25.2 Å². The van der Waals surface area contributed by atoms with Gasteiger partial charge in [-0.15, -0.1) is 0 Å². The zero-order chi connectivity index (χ0) is 19.9. The molecule has 1 N–H and O–H groups in total. The van der Waals surface area contributed by atoms with Crippen LogP contribution in [0.2, 0.25) is 0 Å². The average molecular weight is 377 g/mol. The van der Waals surface area contributed by atoms with Crippen molar-refractivity contribution in [1.29, 1.82) is 0 Å². The van der Waals surface area contributed by atoms with Gasteiger partial charge in [-0.2, -0.15) is 0 Å². The zero-order valence-corrected chi connectivity index (χ0v) is 16.9. The van der Waals surface area contributed by atoms with Crippen molar-refractivity contribution in [2.45, 2.75) is 64.7 Å². The third-order valence-corrected chi connectivity index (χ3v) is 5.49. The molecule has 27 heavy (non-hydrogen) atoms. The summed E-state index contributed by atoms with van der Waals surface area (Å²) in [7, 11) is 0. The minimum Gasteiger partial charge on any atom is -0.356 e. The number of carbonyl (C=O) groups is 2. The summed E-state index contributed by atoms with van der Waals surface area (Å²) >= 11 is 0. The highest BCUT2D eigenvalue weighted by Gasteiger charge is 2.38. The summed E-state index contributed by atoms with van der Waals surface area (Å²) < 4.78 is 14.2. The lowest BCUT2D eigenvalue weighted by Crippen LogP contribution is -2.50. The van der Waals surface area contributed by atoms with E-state index >= 15 is 0 Å². The number of benzene rings is 1. The Bertz CT molecular complexity index is 645. The molecule has 1 unspecified atom stereocenters. The van der Waals surface area contributed by atoms with Crippen molar-refractivity contribution in [3.8, 4) is 0 Å². The summed E-state index contributed by atoms with van der Waals surface area (Å²) in [5.74, 6) is -0.625. The van der Waals surface area contributed by atoms with Gasteiger partial charge in [-0.3, -0.25) is 9.59 Å². The van der Waals surface area contributed by atoms with Crippen molar-refractivity contribution in [3.05, 3.63) is 35.6 Å². The number of amides is 2. The van der Waals surface area contributed by atoms with E-state index in [2.05, 4.69) is 12.2 Å². The molecule has 0 bridgehead atoms. The number of hydrogen-bond acceptors (Lipinski definition) is 2. The van der Waals surface area contributed by atoms with Crippen LogP contribution in [-0.2, 0) is 15.0 Å². The van der Waals surface area contributed by atoms with Gasteiger partial charge < -0.3 is 10.2 Å². The standard InChI is InChI=1S/C22H33FN2O2/c1-4-5-6-9-14-24-20(26)17-11-10-15-25(16-17)21(27)22(2,3)18-12-7-8-13-19(18)23/h7-8,12-13,17H,4-6,9-11,14-16H2,1-3H3,(H,24,26). The quantitative estimate of drug-likeness (QED) is 0.696. The molecule has 1 aliphatic rings. The Kier molecular flexibility index (Phi) is 7.81. The summed E-state index contributed by atoms with van der Waals surface area (Å²) in [5, 5.41) is 3.01. The van der Waals surface area contributed by atoms with Crippen LogP contribution in [0.4, 0.5) is 4.39 Å². The summed E-state index contributed by atoms with van der Waals surface area (Å²) in [6.45, 7) is 7.41. The molecular weight excluding hydrogens is 343 g/mol. The van der Waals surface area contributed by atoms with E-state index in [1.165, 1.54) is 18.9 Å². The van der Waals surface area contributed by atoms with Crippen molar-refractivity contribution >= 4 is 11.8 Å². The highest BCUT2D eigenvalue weighted by atomic mass is 19.1. The van der Waals surface area contributed by atoms with E-state index in [1.54, 1.807) is 36.9 Å². The summed E-state index contributed by atoms with van der Waals surface area (Å²) in [6.07, 6.45) is 6.08. The van der Waals surface area contributed by atoms with Crippen molar-refractivity contribution in [1.82, 2.24) is 10.2 Å². The summed E-state index contributed by atoms with van der Waals surface area (Å²) in [5.41, 5.74) is -0.554. The molecule has 1 atom stereocenters. The Balaban J connectivity index is 1.95. The fraction of sp³-hybridized carbons (Fsp3) is 0.636. The number of piperidine rings is 1. The minimum atomic E-state index is -0.955. The number of carbonyl (C=O) groups excluding carboxylic acids is 2. The van der Waals surface area contributed by atoms with E-state index in [1.807, 2.05) is 0 Å². The van der Waals surface area contributed by atoms with Gasteiger partial charge in [0.2, 0.25) is 11.8 Å². The molecular formula is C22H33FN2O2. The van der Waals surface area contributed by atoms with Crippen LogP contribution >= 0.6 is 0 Å². The maximum absolute atomic E-state index is 14.2. The third kappa shape index (κ3) is 5.53. The van der Waals surface area contributed by atoms with Crippen LogP contribution in [0, 0.1) is 11.7 Å². The second kappa shape index (κ2) is 9.86. The van der Waals surface area contributed by atoms with E-state index < -0.39 is 5.41 Å². The van der Waals surface area contributed by atoms with E-state index in [4.69, 9.17) is 0 Å². The third-order valence-electron chi connectivity index (χ3n) is 5.49. The van der Waals surface area contributed by atoms with Crippen LogP contribution in [0.3, 0.4) is 0 Å². The van der Waals surface area contributed by atoms with E-state index in [9.17, 15) is 14.0 Å². The molecule has 0 radical (unpaired) electrons. The monoisotopic (exact) mass is 376 g/mol. The van der Waals surface area contributed by atoms with Gasteiger partial charge in [-0.05, 0) is 39.2 Å². The number of nitrogens with one attached hydrogen (secondary N) is 1. The first kappa shape index (κ1) is 21.4. The smallest absolute Gasteiger partial charge is 0.232 e. The summed E-state index contributed by atoms with van der Waals surface area (Å²) in [4.78, 5) is 27.3. The van der Waals surface area contributed by atoms with Crippen LogP contribution in [0.25, 0.3) is 0 Å². The lowest BCUT2D eigenvalue weighted by molar-refractivity contribution is -0.140. The number of likely N-dealkylation sites (tertiary alicyclic amines) is 1. The summed E-state index contributed by atoms with van der Waals surface area (Å²) in [6, 6.07) is 6.42. The predicted octanol–water partition coefficient (Wildman–Crippen LogP) is 4.04. The molecule has 2 rings (SSSR count). The molecule has 2 amide bonds. The zero-order valence-electron chi connectivity index (χ0n) is 16.9. The van der Waals surface area contributed by atoms with Crippen LogP contribution < -0.4 is 5.32 Å². The number of halogens is 1.